The fourth-order valence-electron chi connectivity index (χ4n) is 2.46. The second-order valence-electron chi connectivity index (χ2n) is 5.54. The molecule has 2 aromatic rings. The van der Waals surface area contributed by atoms with Gasteiger partial charge in [-0.25, -0.2) is 8.78 Å². The van der Waals surface area contributed by atoms with Gasteiger partial charge in [-0.05, 0) is 35.7 Å². The molecule has 0 saturated heterocycles. The lowest BCUT2D eigenvalue weighted by Gasteiger charge is -2.15. The summed E-state index contributed by atoms with van der Waals surface area (Å²) in [6.07, 6.45) is -1.72. The Balaban J connectivity index is 2.26. The van der Waals surface area contributed by atoms with Crippen LogP contribution in [0.15, 0.2) is 40.9 Å². The first-order chi connectivity index (χ1) is 12.0. The topological polar surface area (TPSA) is 38.3 Å². The van der Waals surface area contributed by atoms with Gasteiger partial charge in [-0.2, -0.15) is 0 Å². The lowest BCUT2D eigenvalue weighted by Crippen LogP contribution is -2.21. The van der Waals surface area contributed by atoms with Crippen LogP contribution in [0, 0.1) is 0 Å². The molecule has 0 aromatic heterocycles. The highest BCUT2D eigenvalue weighted by atomic mass is 79.9. The largest absolute Gasteiger partial charge is 0.488 e. The van der Waals surface area contributed by atoms with Gasteiger partial charge in [0.05, 0.1) is 12.0 Å². The third-order valence-electron chi connectivity index (χ3n) is 3.94. The van der Waals surface area contributed by atoms with E-state index in [1.165, 1.54) is 6.07 Å². The maximum absolute atomic E-state index is 13.3. The van der Waals surface area contributed by atoms with Gasteiger partial charge in [0, 0.05) is 17.1 Å². The quantitative estimate of drug-likeness (QED) is 0.709. The van der Waals surface area contributed by atoms with E-state index in [1.807, 2.05) is 25.1 Å². The van der Waals surface area contributed by atoms with Gasteiger partial charge in [0.15, 0.2) is 0 Å². The van der Waals surface area contributed by atoms with Crippen molar-refractivity contribution in [2.24, 2.45) is 0 Å². The standard InChI is InChI=1S/C19H20BrF2NO2/c1-3-12-7-8-17(14(9-12)19(21)22)25-11-15-13(10-18(24)23-2)5-4-6-16(15)20/h4-9,19H,3,10-11H2,1-2H3,(H,23,24). The number of benzene rings is 2. The van der Waals surface area contributed by atoms with Crippen LogP contribution >= 0.6 is 15.9 Å². The molecule has 0 atom stereocenters. The Morgan fingerprint density at radius 1 is 1.28 bits per heavy atom. The molecule has 134 valence electrons. The first-order valence-electron chi connectivity index (χ1n) is 7.96. The minimum Gasteiger partial charge on any atom is -0.488 e. The van der Waals surface area contributed by atoms with Gasteiger partial charge in [0.25, 0.3) is 6.43 Å². The van der Waals surface area contributed by atoms with Gasteiger partial charge in [0.1, 0.15) is 12.4 Å². The SMILES string of the molecule is CCc1ccc(OCc2c(Br)cccc2CC(=O)NC)c(C(F)F)c1. The number of alkyl halides is 2. The van der Waals surface area contributed by atoms with Gasteiger partial charge in [-0.1, -0.05) is 41.1 Å². The van der Waals surface area contributed by atoms with Gasteiger partial charge in [-0.15, -0.1) is 0 Å². The number of hydrogen-bond donors (Lipinski definition) is 1. The molecule has 6 heteroatoms. The van der Waals surface area contributed by atoms with E-state index < -0.39 is 6.43 Å². The van der Waals surface area contributed by atoms with Crippen LogP contribution in [0.1, 0.15) is 35.6 Å². The number of aryl methyl sites for hydroxylation is 1. The maximum Gasteiger partial charge on any atom is 0.267 e. The summed E-state index contributed by atoms with van der Waals surface area (Å²) in [5.74, 6) is 0.0359. The van der Waals surface area contributed by atoms with E-state index in [9.17, 15) is 13.6 Å². The van der Waals surface area contributed by atoms with Gasteiger partial charge in [0.2, 0.25) is 5.91 Å². The van der Waals surface area contributed by atoms with Crippen LogP contribution in [0.3, 0.4) is 0 Å². The molecular formula is C19H20BrF2NO2. The van der Waals surface area contributed by atoms with Gasteiger partial charge in [-0.3, -0.25) is 4.79 Å². The molecule has 0 aliphatic carbocycles. The average molecular weight is 412 g/mol. The van der Waals surface area contributed by atoms with E-state index in [-0.39, 0.29) is 30.2 Å². The summed E-state index contributed by atoms with van der Waals surface area (Å²) in [6.45, 7) is 2.01. The lowest BCUT2D eigenvalue weighted by atomic mass is 10.0. The highest BCUT2D eigenvalue weighted by Gasteiger charge is 2.16. The number of likely N-dealkylation sites (N-methyl/N-ethyl adjacent to an activating group) is 1. The lowest BCUT2D eigenvalue weighted by molar-refractivity contribution is -0.119. The summed E-state index contributed by atoms with van der Waals surface area (Å²) in [5.41, 5.74) is 2.28. The van der Waals surface area contributed by atoms with E-state index >= 15 is 0 Å². The summed E-state index contributed by atoms with van der Waals surface area (Å²) in [7, 11) is 1.57. The van der Waals surface area contributed by atoms with Gasteiger partial charge < -0.3 is 10.1 Å². The number of carbonyl (C=O) groups is 1. The average Bonchev–Trinajstić information content (AvgIpc) is 2.60. The molecule has 3 nitrogen and oxygen atoms in total. The van der Waals surface area contributed by atoms with Crippen LogP contribution < -0.4 is 10.1 Å². The maximum atomic E-state index is 13.3. The Labute approximate surface area is 154 Å². The molecule has 0 aliphatic rings. The molecule has 0 heterocycles. The third kappa shape index (κ3) is 5.01. The molecule has 0 unspecified atom stereocenters. The van der Waals surface area contributed by atoms with Crippen molar-refractivity contribution in [3.8, 4) is 5.75 Å². The number of carbonyl (C=O) groups excluding carboxylic acids is 1. The number of nitrogens with one attached hydrogen (secondary N) is 1. The Morgan fingerprint density at radius 2 is 2.04 bits per heavy atom. The second-order valence-corrected chi connectivity index (χ2v) is 6.40. The monoisotopic (exact) mass is 411 g/mol. The molecule has 0 radical (unpaired) electrons. The number of hydrogen-bond acceptors (Lipinski definition) is 2. The summed E-state index contributed by atoms with van der Waals surface area (Å²) < 4.78 is 33.1. The number of rotatable bonds is 7. The molecule has 2 aromatic carbocycles. The molecule has 0 fully saturated rings. The van der Waals surface area contributed by atoms with Crippen molar-refractivity contribution in [3.05, 3.63) is 63.1 Å². The van der Waals surface area contributed by atoms with Gasteiger partial charge >= 0.3 is 0 Å². The first kappa shape index (κ1) is 19.4. The molecule has 25 heavy (non-hydrogen) atoms. The molecule has 0 spiro atoms. The molecule has 0 aliphatic heterocycles. The summed E-state index contributed by atoms with van der Waals surface area (Å²) in [6, 6.07) is 10.3. The predicted octanol–water partition coefficient (Wildman–Crippen LogP) is 4.82. The minimum absolute atomic E-state index is 0.0962. The molecular weight excluding hydrogens is 392 g/mol. The van der Waals surface area contributed by atoms with Crippen molar-refractivity contribution in [2.45, 2.75) is 32.8 Å². The summed E-state index contributed by atoms with van der Waals surface area (Å²) >= 11 is 3.44. The van der Waals surface area contributed by atoms with Crippen molar-refractivity contribution in [1.29, 1.82) is 0 Å². The van der Waals surface area contributed by atoms with Crippen molar-refractivity contribution in [2.75, 3.05) is 7.05 Å². The van der Waals surface area contributed by atoms with E-state index in [0.717, 1.165) is 21.2 Å². The zero-order valence-electron chi connectivity index (χ0n) is 14.1. The smallest absolute Gasteiger partial charge is 0.267 e. The van der Waals surface area contributed by atoms with E-state index in [2.05, 4.69) is 21.2 Å². The molecule has 0 saturated carbocycles. The Hall–Kier alpha value is -1.95. The third-order valence-corrected chi connectivity index (χ3v) is 4.68. The van der Waals surface area contributed by atoms with Crippen molar-refractivity contribution < 1.29 is 18.3 Å². The zero-order chi connectivity index (χ0) is 18.4. The van der Waals surface area contributed by atoms with Crippen molar-refractivity contribution >= 4 is 21.8 Å². The molecule has 1 amide bonds. The molecule has 0 bridgehead atoms. The highest BCUT2D eigenvalue weighted by Crippen LogP contribution is 2.32. The molecule has 2 rings (SSSR count). The van der Waals surface area contributed by atoms with E-state index in [1.54, 1.807) is 19.2 Å². The Kier molecular flexibility index (Phi) is 6.93. The van der Waals surface area contributed by atoms with Crippen LogP contribution in [0.5, 0.6) is 5.75 Å². The van der Waals surface area contributed by atoms with E-state index in [0.29, 0.717) is 6.42 Å². The fourth-order valence-corrected chi connectivity index (χ4v) is 2.98. The van der Waals surface area contributed by atoms with Crippen LogP contribution in [0.25, 0.3) is 0 Å². The van der Waals surface area contributed by atoms with E-state index in [4.69, 9.17) is 4.74 Å². The first-order valence-corrected chi connectivity index (χ1v) is 8.76. The van der Waals surface area contributed by atoms with Crippen LogP contribution in [0.2, 0.25) is 0 Å². The molecule has 1 N–H and O–H groups in total. The minimum atomic E-state index is -2.61. The normalized spacial score (nSPS) is 10.8. The van der Waals surface area contributed by atoms with Crippen LogP contribution in [-0.4, -0.2) is 13.0 Å². The Morgan fingerprint density at radius 3 is 2.68 bits per heavy atom. The highest BCUT2D eigenvalue weighted by molar-refractivity contribution is 9.10. The fraction of sp³-hybridized carbons (Fsp3) is 0.316. The summed E-state index contributed by atoms with van der Waals surface area (Å²) in [4.78, 5) is 11.7. The second kappa shape index (κ2) is 8.94. The summed E-state index contributed by atoms with van der Waals surface area (Å²) in [5, 5.41) is 2.58. The zero-order valence-corrected chi connectivity index (χ0v) is 15.7. The number of amides is 1. The number of halogens is 3. The van der Waals surface area contributed by atoms with Crippen molar-refractivity contribution in [3.63, 3.8) is 0 Å². The van der Waals surface area contributed by atoms with Crippen LogP contribution in [0.4, 0.5) is 8.78 Å². The Bertz CT molecular complexity index is 750. The van der Waals surface area contributed by atoms with Crippen molar-refractivity contribution in [1.82, 2.24) is 5.32 Å². The number of ether oxygens (including phenoxy) is 1. The van der Waals surface area contributed by atoms with Crippen LogP contribution in [-0.2, 0) is 24.2 Å². The predicted molar refractivity (Wildman–Crippen MR) is 97.0 cm³/mol.